The predicted octanol–water partition coefficient (Wildman–Crippen LogP) is 0.761. The molecular weight excluding hydrogens is 268 g/mol. The summed E-state index contributed by atoms with van der Waals surface area (Å²) in [7, 11) is -3.49. The van der Waals surface area contributed by atoms with Crippen molar-refractivity contribution in [3.63, 3.8) is 0 Å². The fourth-order valence-corrected chi connectivity index (χ4v) is 2.50. The first-order valence-corrected chi connectivity index (χ1v) is 7.50. The molecule has 0 bridgehead atoms. The van der Waals surface area contributed by atoms with Gasteiger partial charge in [-0.25, -0.2) is 14.2 Å². The monoisotopic (exact) mass is 286 g/mol. The quantitative estimate of drug-likeness (QED) is 0.657. The minimum absolute atomic E-state index is 0.156. The van der Waals surface area contributed by atoms with Gasteiger partial charge < -0.3 is 5.11 Å². The number of hydrogen-bond acceptors (Lipinski definition) is 3. The number of benzene rings is 1. The van der Waals surface area contributed by atoms with E-state index < -0.39 is 16.2 Å². The molecule has 0 amide bonds. The molecule has 0 aliphatic carbocycles. The molecule has 0 saturated heterocycles. The van der Waals surface area contributed by atoms with Crippen LogP contribution in [0.2, 0.25) is 0 Å². The highest BCUT2D eigenvalue weighted by atomic mass is 32.2. The summed E-state index contributed by atoms with van der Waals surface area (Å²) in [5.41, 5.74) is 0.802. The highest BCUT2D eigenvalue weighted by molar-refractivity contribution is 7.87. The van der Waals surface area contributed by atoms with Gasteiger partial charge in [0.15, 0.2) is 0 Å². The Morgan fingerprint density at radius 3 is 2.47 bits per heavy atom. The Labute approximate surface area is 113 Å². The number of carbonyl (C=O) groups is 1. The highest BCUT2D eigenvalue weighted by Gasteiger charge is 2.11. The Morgan fingerprint density at radius 1 is 1.21 bits per heavy atom. The van der Waals surface area contributed by atoms with Crippen molar-refractivity contribution in [1.82, 2.24) is 9.44 Å². The minimum Gasteiger partial charge on any atom is -0.478 e. The topological polar surface area (TPSA) is 95.5 Å². The molecule has 0 heterocycles. The van der Waals surface area contributed by atoms with E-state index in [-0.39, 0.29) is 12.1 Å². The van der Waals surface area contributed by atoms with Crippen LogP contribution in [0.3, 0.4) is 0 Å². The van der Waals surface area contributed by atoms with Crippen LogP contribution in [0.1, 0.15) is 29.3 Å². The molecule has 106 valence electrons. The number of carboxylic acid groups (broad SMARTS) is 1. The van der Waals surface area contributed by atoms with Gasteiger partial charge in [-0.3, -0.25) is 0 Å². The van der Waals surface area contributed by atoms with E-state index in [2.05, 4.69) is 9.44 Å². The van der Waals surface area contributed by atoms with Crippen LogP contribution in [0.5, 0.6) is 0 Å². The Kier molecular flexibility index (Phi) is 5.94. The summed E-state index contributed by atoms with van der Waals surface area (Å²) in [6.45, 7) is 2.40. The average Bonchev–Trinajstić information content (AvgIpc) is 2.36. The van der Waals surface area contributed by atoms with Crippen LogP contribution in [0.4, 0.5) is 0 Å². The third kappa shape index (κ3) is 5.37. The lowest BCUT2D eigenvalue weighted by Crippen LogP contribution is -2.38. The number of nitrogens with one attached hydrogen (secondary N) is 2. The van der Waals surface area contributed by atoms with E-state index in [1.807, 2.05) is 6.92 Å². The maximum Gasteiger partial charge on any atom is 0.335 e. The van der Waals surface area contributed by atoms with Crippen LogP contribution in [0, 0.1) is 0 Å². The van der Waals surface area contributed by atoms with Gasteiger partial charge in [-0.1, -0.05) is 25.1 Å². The summed E-state index contributed by atoms with van der Waals surface area (Å²) in [5.74, 6) is -1.01. The molecule has 3 N–H and O–H groups in total. The van der Waals surface area contributed by atoms with E-state index in [4.69, 9.17) is 5.11 Å². The molecule has 1 rings (SSSR count). The van der Waals surface area contributed by atoms with Gasteiger partial charge in [-0.15, -0.1) is 0 Å². The van der Waals surface area contributed by atoms with E-state index >= 15 is 0 Å². The summed E-state index contributed by atoms with van der Waals surface area (Å²) in [5, 5.41) is 8.99. The van der Waals surface area contributed by atoms with Gasteiger partial charge in [0.05, 0.1) is 5.56 Å². The SMILES string of the molecule is CCCNS(=O)(=O)NCCc1ccccc1C(=O)O. The predicted molar refractivity (Wildman–Crippen MR) is 72.3 cm³/mol. The highest BCUT2D eigenvalue weighted by Crippen LogP contribution is 2.09. The molecule has 0 aliphatic rings. The van der Waals surface area contributed by atoms with Crippen LogP contribution in [0.25, 0.3) is 0 Å². The summed E-state index contributed by atoms with van der Waals surface area (Å²) in [4.78, 5) is 11.0. The second-order valence-corrected chi connectivity index (χ2v) is 5.59. The van der Waals surface area contributed by atoms with Gasteiger partial charge in [0.1, 0.15) is 0 Å². The first-order valence-electron chi connectivity index (χ1n) is 6.01. The summed E-state index contributed by atoms with van der Waals surface area (Å²) < 4.78 is 27.7. The lowest BCUT2D eigenvalue weighted by atomic mass is 10.1. The smallest absolute Gasteiger partial charge is 0.335 e. The van der Waals surface area contributed by atoms with Gasteiger partial charge in [0.25, 0.3) is 10.2 Å². The molecule has 0 aromatic heterocycles. The second kappa shape index (κ2) is 7.22. The normalized spacial score (nSPS) is 11.4. The van der Waals surface area contributed by atoms with Gasteiger partial charge in [-0.05, 0) is 24.5 Å². The summed E-state index contributed by atoms with van der Waals surface area (Å²) in [6, 6.07) is 6.55. The molecule has 6 nitrogen and oxygen atoms in total. The van der Waals surface area contributed by atoms with E-state index in [1.165, 1.54) is 6.07 Å². The van der Waals surface area contributed by atoms with E-state index in [9.17, 15) is 13.2 Å². The molecule has 0 saturated carbocycles. The Morgan fingerprint density at radius 2 is 1.84 bits per heavy atom. The maximum absolute atomic E-state index is 11.5. The van der Waals surface area contributed by atoms with Crippen molar-refractivity contribution in [2.45, 2.75) is 19.8 Å². The molecule has 0 fully saturated rings. The van der Waals surface area contributed by atoms with Crippen molar-refractivity contribution >= 4 is 16.2 Å². The van der Waals surface area contributed by atoms with Crippen molar-refractivity contribution in [3.05, 3.63) is 35.4 Å². The maximum atomic E-state index is 11.5. The van der Waals surface area contributed by atoms with Gasteiger partial charge in [-0.2, -0.15) is 8.42 Å². The first-order chi connectivity index (χ1) is 8.96. The Bertz CT molecular complexity index is 528. The minimum atomic E-state index is -3.49. The number of hydrogen-bond donors (Lipinski definition) is 3. The zero-order valence-corrected chi connectivity index (χ0v) is 11.5. The van der Waals surface area contributed by atoms with Crippen LogP contribution in [-0.4, -0.2) is 32.6 Å². The molecule has 0 spiro atoms. The molecule has 0 atom stereocenters. The van der Waals surface area contributed by atoms with E-state index in [0.29, 0.717) is 24.9 Å². The largest absolute Gasteiger partial charge is 0.478 e. The van der Waals surface area contributed by atoms with Crippen LogP contribution < -0.4 is 9.44 Å². The number of carboxylic acids is 1. The fourth-order valence-electron chi connectivity index (χ4n) is 1.55. The third-order valence-corrected chi connectivity index (χ3v) is 3.64. The molecule has 0 unspecified atom stereocenters. The van der Waals surface area contributed by atoms with E-state index in [0.717, 1.165) is 0 Å². The summed E-state index contributed by atoms with van der Waals surface area (Å²) >= 11 is 0. The number of aromatic carboxylic acids is 1. The molecule has 1 aromatic rings. The van der Waals surface area contributed by atoms with Crippen molar-refractivity contribution in [2.75, 3.05) is 13.1 Å². The molecule has 1 aromatic carbocycles. The van der Waals surface area contributed by atoms with Crippen molar-refractivity contribution in [1.29, 1.82) is 0 Å². The Balaban J connectivity index is 2.56. The van der Waals surface area contributed by atoms with Crippen molar-refractivity contribution in [2.24, 2.45) is 0 Å². The lowest BCUT2D eigenvalue weighted by molar-refractivity contribution is 0.0695. The van der Waals surface area contributed by atoms with Crippen molar-refractivity contribution < 1.29 is 18.3 Å². The molecule has 0 aliphatic heterocycles. The van der Waals surface area contributed by atoms with E-state index in [1.54, 1.807) is 18.2 Å². The number of rotatable bonds is 8. The molecule has 7 heteroatoms. The first kappa shape index (κ1) is 15.6. The van der Waals surface area contributed by atoms with Gasteiger partial charge in [0, 0.05) is 13.1 Å². The van der Waals surface area contributed by atoms with Crippen molar-refractivity contribution in [3.8, 4) is 0 Å². The lowest BCUT2D eigenvalue weighted by Gasteiger charge is -2.08. The zero-order chi connectivity index (χ0) is 14.3. The fraction of sp³-hybridized carbons (Fsp3) is 0.417. The molecule has 0 radical (unpaired) electrons. The average molecular weight is 286 g/mol. The Hall–Kier alpha value is -1.44. The van der Waals surface area contributed by atoms with Crippen LogP contribution in [0.15, 0.2) is 24.3 Å². The third-order valence-electron chi connectivity index (χ3n) is 2.48. The summed E-state index contributed by atoms with van der Waals surface area (Å²) in [6.07, 6.45) is 1.04. The van der Waals surface area contributed by atoms with Crippen LogP contribution in [-0.2, 0) is 16.6 Å². The molecule has 19 heavy (non-hydrogen) atoms. The van der Waals surface area contributed by atoms with Gasteiger partial charge in [0.2, 0.25) is 0 Å². The zero-order valence-electron chi connectivity index (χ0n) is 10.7. The standard InChI is InChI=1S/C12H18N2O4S/c1-2-8-13-19(17,18)14-9-7-10-5-3-4-6-11(10)12(15)16/h3-6,13-14H,2,7-9H2,1H3,(H,15,16). The van der Waals surface area contributed by atoms with Gasteiger partial charge >= 0.3 is 5.97 Å². The second-order valence-electron chi connectivity index (χ2n) is 4.00. The molecular formula is C12H18N2O4S. The van der Waals surface area contributed by atoms with Crippen LogP contribution >= 0.6 is 0 Å².